The molecule has 2 atom stereocenters. The zero-order valence-electron chi connectivity index (χ0n) is 13.8. The van der Waals surface area contributed by atoms with Gasteiger partial charge in [-0.05, 0) is 18.4 Å². The van der Waals surface area contributed by atoms with E-state index in [2.05, 4.69) is 31.3 Å². The molecule has 4 heteroatoms. The molecule has 1 amide bonds. The van der Waals surface area contributed by atoms with Gasteiger partial charge in [-0.3, -0.25) is 4.79 Å². The molecule has 0 saturated carbocycles. The highest BCUT2D eigenvalue weighted by Gasteiger charge is 2.26. The van der Waals surface area contributed by atoms with Crippen LogP contribution >= 0.6 is 0 Å². The smallest absolute Gasteiger partial charge is 0.224 e. The van der Waals surface area contributed by atoms with E-state index in [4.69, 9.17) is 4.74 Å². The van der Waals surface area contributed by atoms with Crippen molar-refractivity contribution < 1.29 is 9.53 Å². The Morgan fingerprint density at radius 3 is 2.73 bits per heavy atom. The number of ether oxygens (including phenoxy) is 1. The number of hydrogen-bond donors (Lipinski definition) is 1. The number of hydrogen-bond acceptors (Lipinski definition) is 3. The van der Waals surface area contributed by atoms with E-state index in [1.165, 1.54) is 5.56 Å². The standard InChI is InChI=1S/C18H28N2O2/c1-3-11-20(17(4-2)15-8-6-5-7-9-15)18(21)13-16-14-22-12-10-19-16/h5-9,16-17,19H,3-4,10-14H2,1-2H3. The first-order valence-electron chi connectivity index (χ1n) is 8.41. The van der Waals surface area contributed by atoms with Crippen molar-refractivity contribution in [3.05, 3.63) is 35.9 Å². The van der Waals surface area contributed by atoms with Crippen molar-refractivity contribution in [2.24, 2.45) is 0 Å². The number of rotatable bonds is 7. The van der Waals surface area contributed by atoms with Crippen molar-refractivity contribution in [2.75, 3.05) is 26.3 Å². The molecule has 0 spiro atoms. The Bertz CT molecular complexity index is 444. The predicted molar refractivity (Wildman–Crippen MR) is 88.7 cm³/mol. The number of nitrogens with one attached hydrogen (secondary N) is 1. The fourth-order valence-corrected chi connectivity index (χ4v) is 3.09. The van der Waals surface area contributed by atoms with Crippen LogP contribution in [0, 0.1) is 0 Å². The van der Waals surface area contributed by atoms with Gasteiger partial charge in [-0.15, -0.1) is 0 Å². The fraction of sp³-hybridized carbons (Fsp3) is 0.611. The lowest BCUT2D eigenvalue weighted by Crippen LogP contribution is -2.46. The fourth-order valence-electron chi connectivity index (χ4n) is 3.09. The highest BCUT2D eigenvalue weighted by molar-refractivity contribution is 5.77. The second-order valence-electron chi connectivity index (χ2n) is 5.85. The van der Waals surface area contributed by atoms with Crippen LogP contribution in [-0.2, 0) is 9.53 Å². The SMILES string of the molecule is CCCN(C(=O)CC1COCCN1)C(CC)c1ccccc1. The summed E-state index contributed by atoms with van der Waals surface area (Å²) in [6.45, 7) is 7.29. The van der Waals surface area contributed by atoms with Gasteiger partial charge in [0.05, 0.1) is 19.3 Å². The Morgan fingerprint density at radius 1 is 1.36 bits per heavy atom. The number of nitrogens with zero attached hydrogens (tertiary/aromatic N) is 1. The van der Waals surface area contributed by atoms with Crippen LogP contribution in [-0.4, -0.2) is 43.2 Å². The summed E-state index contributed by atoms with van der Waals surface area (Å²) in [5, 5.41) is 3.37. The Hall–Kier alpha value is -1.39. The van der Waals surface area contributed by atoms with Gasteiger partial charge in [0.2, 0.25) is 5.91 Å². The number of benzene rings is 1. The molecular weight excluding hydrogens is 276 g/mol. The van der Waals surface area contributed by atoms with Gasteiger partial charge in [0, 0.05) is 25.6 Å². The molecule has 0 bridgehead atoms. The van der Waals surface area contributed by atoms with E-state index < -0.39 is 0 Å². The number of carbonyl (C=O) groups excluding carboxylic acids is 1. The Labute approximate surface area is 133 Å². The molecule has 1 heterocycles. The second kappa shape index (κ2) is 8.91. The van der Waals surface area contributed by atoms with E-state index >= 15 is 0 Å². The molecule has 1 aromatic rings. The molecule has 0 aromatic heterocycles. The van der Waals surface area contributed by atoms with Crippen LogP contribution in [0.3, 0.4) is 0 Å². The van der Waals surface area contributed by atoms with Crippen molar-refractivity contribution in [2.45, 2.75) is 45.2 Å². The summed E-state index contributed by atoms with van der Waals surface area (Å²) in [4.78, 5) is 14.9. The first-order valence-corrected chi connectivity index (χ1v) is 8.41. The quantitative estimate of drug-likeness (QED) is 0.842. The van der Waals surface area contributed by atoms with E-state index in [1.807, 2.05) is 23.1 Å². The van der Waals surface area contributed by atoms with E-state index in [9.17, 15) is 4.79 Å². The van der Waals surface area contributed by atoms with Gasteiger partial charge in [0.15, 0.2) is 0 Å². The van der Waals surface area contributed by atoms with Gasteiger partial charge in [0.25, 0.3) is 0 Å². The zero-order valence-corrected chi connectivity index (χ0v) is 13.8. The number of morpholine rings is 1. The Kier molecular flexibility index (Phi) is 6.87. The average molecular weight is 304 g/mol. The van der Waals surface area contributed by atoms with Crippen LogP contribution < -0.4 is 5.32 Å². The van der Waals surface area contributed by atoms with E-state index in [-0.39, 0.29) is 18.0 Å². The summed E-state index contributed by atoms with van der Waals surface area (Å²) >= 11 is 0. The number of amides is 1. The largest absolute Gasteiger partial charge is 0.378 e. The average Bonchev–Trinajstić information content (AvgIpc) is 2.56. The van der Waals surface area contributed by atoms with Crippen LogP contribution in [0.15, 0.2) is 30.3 Å². The van der Waals surface area contributed by atoms with Gasteiger partial charge in [-0.25, -0.2) is 0 Å². The molecule has 1 aliphatic heterocycles. The Morgan fingerprint density at radius 2 is 2.14 bits per heavy atom. The lowest BCUT2D eigenvalue weighted by molar-refractivity contribution is -0.135. The molecule has 1 fully saturated rings. The number of carbonyl (C=O) groups is 1. The van der Waals surface area contributed by atoms with Crippen molar-refractivity contribution >= 4 is 5.91 Å². The highest BCUT2D eigenvalue weighted by Crippen LogP contribution is 2.25. The summed E-state index contributed by atoms with van der Waals surface area (Å²) in [6.07, 6.45) is 2.43. The lowest BCUT2D eigenvalue weighted by Gasteiger charge is -2.33. The van der Waals surface area contributed by atoms with Crippen LogP contribution in [0.4, 0.5) is 0 Å². The second-order valence-corrected chi connectivity index (χ2v) is 5.85. The van der Waals surface area contributed by atoms with Crippen LogP contribution in [0.1, 0.15) is 44.7 Å². The van der Waals surface area contributed by atoms with Crippen molar-refractivity contribution in [1.29, 1.82) is 0 Å². The van der Waals surface area contributed by atoms with Crippen molar-refractivity contribution in [3.63, 3.8) is 0 Å². The maximum absolute atomic E-state index is 12.8. The molecule has 2 rings (SSSR count). The molecule has 1 aromatic carbocycles. The predicted octanol–water partition coefficient (Wildman–Crippen LogP) is 2.75. The summed E-state index contributed by atoms with van der Waals surface area (Å²) < 4.78 is 5.46. The van der Waals surface area contributed by atoms with Crippen LogP contribution in [0.2, 0.25) is 0 Å². The zero-order chi connectivity index (χ0) is 15.8. The van der Waals surface area contributed by atoms with Gasteiger partial charge in [-0.2, -0.15) is 0 Å². The van der Waals surface area contributed by atoms with Crippen molar-refractivity contribution in [1.82, 2.24) is 10.2 Å². The van der Waals surface area contributed by atoms with Gasteiger partial charge < -0.3 is 15.0 Å². The third-order valence-electron chi connectivity index (χ3n) is 4.15. The molecule has 0 aliphatic carbocycles. The van der Waals surface area contributed by atoms with E-state index in [1.54, 1.807) is 0 Å². The van der Waals surface area contributed by atoms with Gasteiger partial charge in [-0.1, -0.05) is 44.2 Å². The van der Waals surface area contributed by atoms with Gasteiger partial charge >= 0.3 is 0 Å². The minimum atomic E-state index is 0.147. The highest BCUT2D eigenvalue weighted by atomic mass is 16.5. The lowest BCUT2D eigenvalue weighted by atomic mass is 10.0. The van der Waals surface area contributed by atoms with Crippen LogP contribution in [0.25, 0.3) is 0 Å². The topological polar surface area (TPSA) is 41.6 Å². The maximum atomic E-state index is 12.8. The summed E-state index contributed by atoms with van der Waals surface area (Å²) in [7, 11) is 0. The molecular formula is C18H28N2O2. The molecule has 1 saturated heterocycles. The summed E-state index contributed by atoms with van der Waals surface area (Å²) in [6, 6.07) is 10.7. The van der Waals surface area contributed by atoms with E-state index in [0.717, 1.165) is 32.5 Å². The Balaban J connectivity index is 2.07. The van der Waals surface area contributed by atoms with E-state index in [0.29, 0.717) is 13.0 Å². The molecule has 1 N–H and O–H groups in total. The molecule has 1 aliphatic rings. The molecule has 22 heavy (non-hydrogen) atoms. The minimum absolute atomic E-state index is 0.147. The van der Waals surface area contributed by atoms with Crippen molar-refractivity contribution in [3.8, 4) is 0 Å². The third kappa shape index (κ3) is 4.55. The normalized spacial score (nSPS) is 19.6. The minimum Gasteiger partial charge on any atom is -0.378 e. The third-order valence-corrected chi connectivity index (χ3v) is 4.15. The molecule has 0 radical (unpaired) electrons. The first kappa shape index (κ1) is 17.0. The summed E-state index contributed by atoms with van der Waals surface area (Å²) in [5.74, 6) is 0.223. The molecule has 2 unspecified atom stereocenters. The molecule has 4 nitrogen and oxygen atoms in total. The molecule has 122 valence electrons. The van der Waals surface area contributed by atoms with Crippen LogP contribution in [0.5, 0.6) is 0 Å². The maximum Gasteiger partial charge on any atom is 0.224 e. The monoisotopic (exact) mass is 304 g/mol. The first-order chi connectivity index (χ1) is 10.8. The summed E-state index contributed by atoms with van der Waals surface area (Å²) in [5.41, 5.74) is 1.22. The van der Waals surface area contributed by atoms with Gasteiger partial charge in [0.1, 0.15) is 0 Å².